The Morgan fingerprint density at radius 1 is 1.27 bits per heavy atom. The minimum Gasteiger partial charge on any atom is -0.309 e. The van der Waals surface area contributed by atoms with E-state index in [2.05, 4.69) is 42.6 Å². The summed E-state index contributed by atoms with van der Waals surface area (Å²) >= 11 is 0. The van der Waals surface area contributed by atoms with Gasteiger partial charge in [0, 0.05) is 12.6 Å². The van der Waals surface area contributed by atoms with E-state index < -0.39 is 0 Å². The molecule has 1 fully saturated rings. The molecule has 58 valence electrons. The van der Waals surface area contributed by atoms with Crippen LogP contribution in [0.5, 0.6) is 0 Å². The molecule has 1 aromatic carbocycles. The maximum Gasteiger partial charge on any atom is 0.0358 e. The molecule has 0 aromatic heterocycles. The average Bonchev–Trinajstić information content (AvgIpc) is 2.04. The summed E-state index contributed by atoms with van der Waals surface area (Å²) in [5.41, 5.74) is 1.42. The van der Waals surface area contributed by atoms with Gasteiger partial charge >= 0.3 is 0 Å². The highest BCUT2D eigenvalue weighted by molar-refractivity contribution is 5.21. The van der Waals surface area contributed by atoms with Gasteiger partial charge in [-0.1, -0.05) is 37.3 Å². The lowest BCUT2D eigenvalue weighted by molar-refractivity contribution is 0.258. The standard InChI is InChI=1S/C10H13N/c1-8-7-11-10(8)9-5-3-2-4-6-9/h2-6,8,10-11H,7H2,1H3. The van der Waals surface area contributed by atoms with Crippen LogP contribution in [0, 0.1) is 5.92 Å². The first-order valence-corrected chi connectivity index (χ1v) is 4.16. The quantitative estimate of drug-likeness (QED) is 0.640. The van der Waals surface area contributed by atoms with Crippen LogP contribution in [0.3, 0.4) is 0 Å². The zero-order valence-corrected chi connectivity index (χ0v) is 6.75. The van der Waals surface area contributed by atoms with Crippen molar-refractivity contribution in [3.05, 3.63) is 35.9 Å². The number of hydrogen-bond acceptors (Lipinski definition) is 1. The Hall–Kier alpha value is -0.820. The van der Waals surface area contributed by atoms with Crippen LogP contribution in [0.1, 0.15) is 18.5 Å². The fourth-order valence-electron chi connectivity index (χ4n) is 1.58. The number of nitrogens with one attached hydrogen (secondary N) is 1. The Balaban J connectivity index is 2.17. The fraction of sp³-hybridized carbons (Fsp3) is 0.400. The van der Waals surface area contributed by atoms with Gasteiger partial charge in [-0.15, -0.1) is 0 Å². The normalized spacial score (nSPS) is 29.5. The smallest absolute Gasteiger partial charge is 0.0358 e. The molecule has 0 bridgehead atoms. The van der Waals surface area contributed by atoms with E-state index in [9.17, 15) is 0 Å². The van der Waals surface area contributed by atoms with E-state index >= 15 is 0 Å². The topological polar surface area (TPSA) is 12.0 Å². The molecule has 0 spiro atoms. The van der Waals surface area contributed by atoms with Gasteiger partial charge < -0.3 is 5.32 Å². The first-order chi connectivity index (χ1) is 5.38. The SMILES string of the molecule is CC1CNC1c1ccccc1. The highest BCUT2D eigenvalue weighted by Gasteiger charge is 2.26. The summed E-state index contributed by atoms with van der Waals surface area (Å²) in [6, 6.07) is 11.2. The third kappa shape index (κ3) is 1.16. The molecule has 1 aromatic rings. The van der Waals surface area contributed by atoms with E-state index in [0.717, 1.165) is 5.92 Å². The molecule has 0 saturated carbocycles. The Morgan fingerprint density at radius 3 is 2.45 bits per heavy atom. The Morgan fingerprint density at radius 2 is 2.00 bits per heavy atom. The summed E-state index contributed by atoms with van der Waals surface area (Å²) in [5, 5.41) is 3.41. The van der Waals surface area contributed by atoms with Crippen molar-refractivity contribution in [3.63, 3.8) is 0 Å². The third-order valence-electron chi connectivity index (χ3n) is 2.39. The van der Waals surface area contributed by atoms with Gasteiger partial charge in [0.1, 0.15) is 0 Å². The van der Waals surface area contributed by atoms with Crippen molar-refractivity contribution in [2.75, 3.05) is 6.54 Å². The van der Waals surface area contributed by atoms with Gasteiger partial charge in [0.05, 0.1) is 0 Å². The molecule has 0 amide bonds. The van der Waals surface area contributed by atoms with E-state index in [1.807, 2.05) is 0 Å². The van der Waals surface area contributed by atoms with Crippen LogP contribution >= 0.6 is 0 Å². The lowest BCUT2D eigenvalue weighted by atomic mass is 9.88. The molecule has 1 nitrogen and oxygen atoms in total. The van der Waals surface area contributed by atoms with Crippen molar-refractivity contribution in [2.45, 2.75) is 13.0 Å². The lowest BCUT2D eigenvalue weighted by Crippen LogP contribution is -2.43. The molecule has 2 atom stereocenters. The van der Waals surface area contributed by atoms with Gasteiger partial charge in [0.15, 0.2) is 0 Å². The minimum absolute atomic E-state index is 0.608. The maximum atomic E-state index is 3.41. The van der Waals surface area contributed by atoms with E-state index in [-0.39, 0.29) is 0 Å². The van der Waals surface area contributed by atoms with Crippen LogP contribution in [0.15, 0.2) is 30.3 Å². The number of hydrogen-bond donors (Lipinski definition) is 1. The van der Waals surface area contributed by atoms with E-state index in [0.29, 0.717) is 6.04 Å². The monoisotopic (exact) mass is 147 g/mol. The van der Waals surface area contributed by atoms with Crippen LogP contribution in [-0.4, -0.2) is 6.54 Å². The minimum atomic E-state index is 0.608. The highest BCUT2D eigenvalue weighted by atomic mass is 15.0. The van der Waals surface area contributed by atoms with E-state index in [4.69, 9.17) is 0 Å². The summed E-state index contributed by atoms with van der Waals surface area (Å²) in [7, 11) is 0. The van der Waals surface area contributed by atoms with Gasteiger partial charge in [0.25, 0.3) is 0 Å². The molecule has 1 aliphatic rings. The molecule has 1 heterocycles. The summed E-state index contributed by atoms with van der Waals surface area (Å²) in [4.78, 5) is 0. The molecular weight excluding hydrogens is 134 g/mol. The van der Waals surface area contributed by atoms with Crippen LogP contribution in [0.4, 0.5) is 0 Å². The Bertz CT molecular complexity index is 230. The first-order valence-electron chi connectivity index (χ1n) is 4.16. The number of rotatable bonds is 1. The van der Waals surface area contributed by atoms with Crippen molar-refractivity contribution in [1.82, 2.24) is 5.32 Å². The summed E-state index contributed by atoms with van der Waals surface area (Å²) in [6.45, 7) is 3.45. The second kappa shape index (κ2) is 2.67. The predicted molar refractivity (Wildman–Crippen MR) is 46.3 cm³/mol. The second-order valence-electron chi connectivity index (χ2n) is 3.27. The molecule has 2 unspecified atom stereocenters. The van der Waals surface area contributed by atoms with Crippen molar-refractivity contribution < 1.29 is 0 Å². The fourth-order valence-corrected chi connectivity index (χ4v) is 1.58. The van der Waals surface area contributed by atoms with Crippen LogP contribution in [0.25, 0.3) is 0 Å². The molecule has 1 heteroatoms. The molecule has 0 radical (unpaired) electrons. The van der Waals surface area contributed by atoms with Crippen LogP contribution < -0.4 is 5.32 Å². The largest absolute Gasteiger partial charge is 0.309 e. The van der Waals surface area contributed by atoms with Crippen LogP contribution in [0.2, 0.25) is 0 Å². The van der Waals surface area contributed by atoms with Gasteiger partial charge in [-0.3, -0.25) is 0 Å². The zero-order valence-electron chi connectivity index (χ0n) is 6.75. The van der Waals surface area contributed by atoms with Gasteiger partial charge in [-0.05, 0) is 11.5 Å². The van der Waals surface area contributed by atoms with E-state index in [1.165, 1.54) is 12.1 Å². The highest BCUT2D eigenvalue weighted by Crippen LogP contribution is 2.27. The molecule has 1 saturated heterocycles. The van der Waals surface area contributed by atoms with Crippen molar-refractivity contribution in [1.29, 1.82) is 0 Å². The summed E-state index contributed by atoms with van der Waals surface area (Å²) < 4.78 is 0. The third-order valence-corrected chi connectivity index (χ3v) is 2.39. The van der Waals surface area contributed by atoms with Crippen LogP contribution in [-0.2, 0) is 0 Å². The molecule has 11 heavy (non-hydrogen) atoms. The Labute approximate surface area is 67.4 Å². The maximum absolute atomic E-state index is 3.41. The second-order valence-corrected chi connectivity index (χ2v) is 3.27. The zero-order chi connectivity index (χ0) is 7.68. The van der Waals surface area contributed by atoms with Crippen molar-refractivity contribution >= 4 is 0 Å². The molecular formula is C10H13N. The van der Waals surface area contributed by atoms with Gasteiger partial charge in [-0.25, -0.2) is 0 Å². The molecule has 0 aliphatic carbocycles. The molecule has 1 N–H and O–H groups in total. The van der Waals surface area contributed by atoms with Gasteiger partial charge in [0.2, 0.25) is 0 Å². The average molecular weight is 147 g/mol. The van der Waals surface area contributed by atoms with Crippen molar-refractivity contribution in [2.24, 2.45) is 5.92 Å². The molecule has 1 aliphatic heterocycles. The van der Waals surface area contributed by atoms with E-state index in [1.54, 1.807) is 0 Å². The van der Waals surface area contributed by atoms with Gasteiger partial charge in [-0.2, -0.15) is 0 Å². The Kier molecular flexibility index (Phi) is 1.66. The van der Waals surface area contributed by atoms with Crippen molar-refractivity contribution in [3.8, 4) is 0 Å². The predicted octanol–water partition coefficient (Wildman–Crippen LogP) is 1.97. The summed E-state index contributed by atoms with van der Waals surface area (Å²) in [6.07, 6.45) is 0. The molecule has 2 rings (SSSR count). The number of benzene rings is 1. The summed E-state index contributed by atoms with van der Waals surface area (Å²) in [5.74, 6) is 0.803. The first kappa shape index (κ1) is 6.86. The lowest BCUT2D eigenvalue weighted by Gasteiger charge is -2.35.